The fraction of sp³-hybridized carbons (Fsp3) is 0.154. The maximum atomic E-state index is 13.1. The molecule has 2 aromatic heterocycles. The Balaban J connectivity index is 0.00000261. The summed E-state index contributed by atoms with van der Waals surface area (Å²) in [5.41, 5.74) is -1.49. The predicted octanol–water partition coefficient (Wildman–Crippen LogP) is 1.46. The second kappa shape index (κ2) is 7.53. The Morgan fingerprint density at radius 1 is 1.33 bits per heavy atom. The second-order valence-corrected chi connectivity index (χ2v) is 6.47. The predicted molar refractivity (Wildman–Crippen MR) is 80.1 cm³/mol. The molecule has 1 aromatic carbocycles. The van der Waals surface area contributed by atoms with E-state index in [4.69, 9.17) is 4.74 Å². The van der Waals surface area contributed by atoms with Crippen LogP contribution in [-0.2, 0) is 16.2 Å². The molecule has 0 saturated heterocycles. The Hall–Kier alpha value is -2.04. The molecule has 2 heterocycles. The number of sulfonamides is 1. The molecule has 9 nitrogen and oxygen atoms in total. The average molecular weight is 626 g/mol. The topological polar surface area (TPSA) is 119 Å². The number of nitrogens with one attached hydrogen (secondary N) is 1. The number of fused-ring (bicyclic) bond motifs is 1. The minimum atomic E-state index is -5.00. The van der Waals surface area contributed by atoms with Gasteiger partial charge < -0.3 is 19.3 Å². The summed E-state index contributed by atoms with van der Waals surface area (Å²) in [6.45, 7) is 0. The first-order valence-electron chi connectivity index (χ1n) is 6.73. The Morgan fingerprint density at radius 3 is 2.67 bits per heavy atom. The normalized spacial score (nSPS) is 11.9. The number of anilines is 1. The number of aromatic nitrogens is 4. The minimum absolute atomic E-state index is 0. The summed E-state index contributed by atoms with van der Waals surface area (Å²) in [6.07, 6.45) is -1.39. The smallest absolute Gasteiger partial charge is 0.417 e. The molecule has 14 heteroatoms. The van der Waals surface area contributed by atoms with Crippen LogP contribution in [0.4, 0.5) is 19.1 Å². The summed E-state index contributed by atoms with van der Waals surface area (Å²) in [5, 5.41) is 13.4. The van der Waals surface area contributed by atoms with Gasteiger partial charge >= 0.3 is 6.18 Å². The third-order valence-corrected chi connectivity index (χ3v) is 4.59. The van der Waals surface area contributed by atoms with Crippen LogP contribution >= 0.6 is 0 Å². The number of benzene rings is 1. The van der Waals surface area contributed by atoms with E-state index in [0.717, 1.165) is 16.6 Å². The molecule has 0 atom stereocenters. The molecular weight excluding hydrogens is 617 g/mol. The SMILES string of the molecule is COc1cn[c-]n2nc(NS(=O)(=O)c3c(O)cccc3C(F)(F)F)nc12.[U]. The molecule has 0 amide bonds. The Bertz CT molecular complexity index is 1090. The summed E-state index contributed by atoms with van der Waals surface area (Å²) >= 11 is 0. The number of nitrogens with zero attached hydrogens (tertiary/aromatic N) is 4. The fourth-order valence-corrected chi connectivity index (χ4v) is 3.38. The van der Waals surface area contributed by atoms with Crippen LogP contribution in [0.1, 0.15) is 5.56 Å². The van der Waals surface area contributed by atoms with Crippen molar-refractivity contribution in [2.45, 2.75) is 11.1 Å². The van der Waals surface area contributed by atoms with E-state index in [0.29, 0.717) is 6.07 Å². The van der Waals surface area contributed by atoms with E-state index in [-0.39, 0.29) is 42.5 Å². The molecule has 27 heavy (non-hydrogen) atoms. The molecule has 0 bridgehead atoms. The number of hydrogen-bond donors (Lipinski definition) is 2. The molecule has 0 spiro atoms. The molecule has 142 valence electrons. The van der Waals surface area contributed by atoms with E-state index >= 15 is 0 Å². The summed E-state index contributed by atoms with van der Waals surface area (Å²) in [5.74, 6) is -1.48. The zero-order valence-electron chi connectivity index (χ0n) is 13.3. The van der Waals surface area contributed by atoms with E-state index in [1.165, 1.54) is 13.3 Å². The summed E-state index contributed by atoms with van der Waals surface area (Å²) in [6, 6.07) is 2.24. The van der Waals surface area contributed by atoms with Gasteiger partial charge in [0.05, 0.1) is 24.1 Å². The summed E-state index contributed by atoms with van der Waals surface area (Å²) in [4.78, 5) is 6.14. The van der Waals surface area contributed by atoms with Crippen LogP contribution in [0.5, 0.6) is 11.5 Å². The number of phenols is 1. The van der Waals surface area contributed by atoms with Crippen molar-refractivity contribution in [1.29, 1.82) is 0 Å². The standard InChI is InChI=1S/C13H9F3N5O4S.U/c1-25-9-5-17-6-21-11(9)18-12(19-21)20-26(23,24)10-7(13(14,15)16)3-2-4-8(10)22;/h2-5,22H,1H3,(H,19,20);/q-1;. The van der Waals surface area contributed by atoms with Gasteiger partial charge in [0.2, 0.25) is 5.95 Å². The van der Waals surface area contributed by atoms with Gasteiger partial charge in [-0.15, -0.1) is 0 Å². The quantitative estimate of drug-likeness (QED) is 0.422. The Kier molecular flexibility index (Phi) is 5.93. The van der Waals surface area contributed by atoms with E-state index in [1.54, 1.807) is 4.72 Å². The molecule has 3 aromatic rings. The van der Waals surface area contributed by atoms with Crippen LogP contribution in [0, 0.1) is 37.4 Å². The summed E-state index contributed by atoms with van der Waals surface area (Å²) in [7, 11) is -3.55. The first-order valence-corrected chi connectivity index (χ1v) is 8.21. The van der Waals surface area contributed by atoms with E-state index in [9.17, 15) is 26.7 Å². The van der Waals surface area contributed by atoms with Gasteiger partial charge in [-0.05, 0) is 18.3 Å². The van der Waals surface area contributed by atoms with Gasteiger partial charge in [-0.3, -0.25) is 4.98 Å². The van der Waals surface area contributed by atoms with Gasteiger partial charge in [0, 0.05) is 37.4 Å². The maximum Gasteiger partial charge on any atom is 0.417 e. The van der Waals surface area contributed by atoms with Crippen molar-refractivity contribution in [3.8, 4) is 11.5 Å². The summed E-state index contributed by atoms with van der Waals surface area (Å²) < 4.78 is 71.8. The van der Waals surface area contributed by atoms with E-state index in [2.05, 4.69) is 21.4 Å². The Morgan fingerprint density at radius 2 is 2.04 bits per heavy atom. The Labute approximate surface area is 174 Å². The number of phenolic OH excluding ortho intramolecular Hbond substituents is 1. The number of halogens is 3. The van der Waals surface area contributed by atoms with Crippen molar-refractivity contribution >= 4 is 21.6 Å². The average Bonchev–Trinajstić information content (AvgIpc) is 2.94. The minimum Gasteiger partial charge on any atom is -0.517 e. The van der Waals surface area contributed by atoms with Gasteiger partial charge in [0.25, 0.3) is 10.0 Å². The van der Waals surface area contributed by atoms with Crippen molar-refractivity contribution in [2.75, 3.05) is 11.8 Å². The van der Waals surface area contributed by atoms with Crippen LogP contribution in [0.3, 0.4) is 0 Å². The number of ether oxygens (including phenoxy) is 1. The van der Waals surface area contributed by atoms with Crippen molar-refractivity contribution in [3.05, 3.63) is 36.3 Å². The number of aromatic hydroxyl groups is 1. The van der Waals surface area contributed by atoms with Crippen LogP contribution in [-0.4, -0.2) is 40.2 Å². The molecule has 0 aliphatic heterocycles. The molecule has 3 rings (SSSR count). The molecule has 0 aliphatic rings. The molecule has 0 saturated carbocycles. The fourth-order valence-electron chi connectivity index (χ4n) is 2.13. The molecule has 0 radical (unpaired) electrons. The van der Waals surface area contributed by atoms with Crippen LogP contribution in [0.25, 0.3) is 5.65 Å². The largest absolute Gasteiger partial charge is 0.517 e. The van der Waals surface area contributed by atoms with Gasteiger partial charge in [-0.1, -0.05) is 6.07 Å². The second-order valence-electron chi connectivity index (χ2n) is 4.85. The molecule has 0 unspecified atom stereocenters. The van der Waals surface area contributed by atoms with Gasteiger partial charge in [0.1, 0.15) is 10.6 Å². The van der Waals surface area contributed by atoms with Crippen LogP contribution in [0.15, 0.2) is 29.3 Å². The van der Waals surface area contributed by atoms with Crippen molar-refractivity contribution in [2.24, 2.45) is 0 Å². The zero-order chi connectivity index (χ0) is 19.1. The van der Waals surface area contributed by atoms with Crippen molar-refractivity contribution in [3.63, 3.8) is 0 Å². The first-order chi connectivity index (χ1) is 12.1. The molecule has 2 N–H and O–H groups in total. The third-order valence-electron chi connectivity index (χ3n) is 3.18. The zero-order valence-corrected chi connectivity index (χ0v) is 18.3. The van der Waals surface area contributed by atoms with Crippen LogP contribution < -0.4 is 9.46 Å². The van der Waals surface area contributed by atoms with E-state index < -0.39 is 38.4 Å². The number of hydrogen-bond acceptors (Lipinski definition) is 7. The molecule has 0 aliphatic carbocycles. The van der Waals surface area contributed by atoms with E-state index in [1.807, 2.05) is 0 Å². The number of rotatable bonds is 4. The van der Waals surface area contributed by atoms with Crippen LogP contribution in [0.2, 0.25) is 0 Å². The molecular formula is C13H9F3N5O4SU-. The van der Waals surface area contributed by atoms with Crippen molar-refractivity contribution in [1.82, 2.24) is 19.6 Å². The molecule has 0 fully saturated rings. The van der Waals surface area contributed by atoms with Gasteiger partial charge in [0.15, 0.2) is 0 Å². The van der Waals surface area contributed by atoms with Gasteiger partial charge in [-0.2, -0.15) is 18.3 Å². The van der Waals surface area contributed by atoms with Crippen molar-refractivity contribution < 1.29 is 62.5 Å². The van der Waals surface area contributed by atoms with Gasteiger partial charge in [-0.25, -0.2) is 13.1 Å². The number of methoxy groups -OCH3 is 1. The maximum absolute atomic E-state index is 13.1. The monoisotopic (exact) mass is 626 g/mol. The first kappa shape index (κ1) is 21.3. The third kappa shape index (κ3) is 4.12. The number of alkyl halides is 3.